The molecule has 2 heteroatoms. The Kier molecular flexibility index (Phi) is 7.13. The van der Waals surface area contributed by atoms with Gasteiger partial charge in [-0.1, -0.05) is 113 Å². The van der Waals surface area contributed by atoms with E-state index in [1.165, 1.54) is 55.9 Å². The van der Waals surface area contributed by atoms with E-state index in [2.05, 4.69) is 123 Å². The van der Waals surface area contributed by atoms with Gasteiger partial charge in [-0.2, -0.15) is 0 Å². The van der Waals surface area contributed by atoms with E-state index >= 15 is 0 Å². The molecule has 0 saturated heterocycles. The number of rotatable bonds is 8. The molecule has 0 spiro atoms. The fourth-order valence-electron chi connectivity index (χ4n) is 5.88. The summed E-state index contributed by atoms with van der Waals surface area (Å²) in [6.45, 7) is 9.02. The Hall–Kier alpha value is -3.52. The van der Waals surface area contributed by atoms with Crippen molar-refractivity contribution in [2.45, 2.75) is 65.5 Å². The van der Waals surface area contributed by atoms with E-state index in [4.69, 9.17) is 0 Å². The van der Waals surface area contributed by atoms with Gasteiger partial charge in [0.1, 0.15) is 0 Å². The summed E-state index contributed by atoms with van der Waals surface area (Å²) in [4.78, 5) is 0. The predicted molar refractivity (Wildman–Crippen MR) is 155 cm³/mol. The lowest BCUT2D eigenvalue weighted by Crippen LogP contribution is -2.30. The monoisotopic (exact) mass is 474 g/mol. The van der Waals surface area contributed by atoms with E-state index < -0.39 is 0 Å². The molecule has 2 nitrogen and oxygen atoms in total. The highest BCUT2D eigenvalue weighted by atomic mass is 15.0. The SMILES string of the molecule is CCc1cccc(CC)c1N[C@@H]1c2ccccc2-c2ccccc2[C@@H]1Nc1c(CC)cccc1CC. The summed E-state index contributed by atoms with van der Waals surface area (Å²) in [6.07, 6.45) is 4.05. The summed E-state index contributed by atoms with van der Waals surface area (Å²) < 4.78 is 0. The van der Waals surface area contributed by atoms with Crippen LogP contribution in [0.5, 0.6) is 0 Å². The van der Waals surface area contributed by atoms with Crippen molar-refractivity contribution in [1.29, 1.82) is 0 Å². The van der Waals surface area contributed by atoms with Gasteiger partial charge in [-0.05, 0) is 70.2 Å². The lowest BCUT2D eigenvalue weighted by molar-refractivity contribution is 0.638. The highest BCUT2D eigenvalue weighted by Crippen LogP contribution is 2.48. The van der Waals surface area contributed by atoms with Crippen molar-refractivity contribution in [3.05, 3.63) is 118 Å². The van der Waals surface area contributed by atoms with Crippen molar-refractivity contribution in [3.63, 3.8) is 0 Å². The average Bonchev–Trinajstić information content (AvgIpc) is 2.94. The molecule has 1 aliphatic carbocycles. The molecule has 2 N–H and O–H groups in total. The van der Waals surface area contributed by atoms with E-state index in [1.807, 2.05) is 0 Å². The lowest BCUT2D eigenvalue weighted by Gasteiger charge is -2.39. The molecule has 4 aromatic rings. The van der Waals surface area contributed by atoms with E-state index in [1.54, 1.807) is 0 Å². The molecule has 184 valence electrons. The third-order valence-electron chi connectivity index (χ3n) is 7.81. The third-order valence-corrected chi connectivity index (χ3v) is 7.81. The molecule has 0 unspecified atom stereocenters. The zero-order valence-electron chi connectivity index (χ0n) is 22.1. The van der Waals surface area contributed by atoms with Crippen molar-refractivity contribution < 1.29 is 0 Å². The van der Waals surface area contributed by atoms with Gasteiger partial charge in [0.05, 0.1) is 12.1 Å². The quantitative estimate of drug-likeness (QED) is 0.266. The van der Waals surface area contributed by atoms with Crippen LogP contribution < -0.4 is 10.6 Å². The first kappa shape index (κ1) is 24.2. The molecular formula is C34H38N2. The smallest absolute Gasteiger partial charge is 0.0763 e. The van der Waals surface area contributed by atoms with Crippen LogP contribution in [0, 0.1) is 0 Å². The summed E-state index contributed by atoms with van der Waals surface area (Å²) in [6, 6.07) is 31.6. The number of aryl methyl sites for hydroxylation is 4. The maximum atomic E-state index is 4.10. The number of hydrogen-bond donors (Lipinski definition) is 2. The Morgan fingerprint density at radius 2 is 0.778 bits per heavy atom. The molecule has 0 aliphatic heterocycles. The Morgan fingerprint density at radius 3 is 1.11 bits per heavy atom. The molecule has 36 heavy (non-hydrogen) atoms. The van der Waals surface area contributed by atoms with Crippen LogP contribution in [0.4, 0.5) is 11.4 Å². The first-order valence-corrected chi connectivity index (χ1v) is 13.6. The minimum Gasteiger partial charge on any atom is -0.375 e. The maximum Gasteiger partial charge on any atom is 0.0763 e. The molecule has 0 saturated carbocycles. The lowest BCUT2D eigenvalue weighted by atomic mass is 9.78. The zero-order chi connectivity index (χ0) is 25.1. The fraction of sp³-hybridized carbons (Fsp3) is 0.294. The Balaban J connectivity index is 1.70. The first-order valence-electron chi connectivity index (χ1n) is 13.6. The summed E-state index contributed by atoms with van der Waals surface area (Å²) >= 11 is 0. The van der Waals surface area contributed by atoms with Crippen molar-refractivity contribution in [2.24, 2.45) is 0 Å². The van der Waals surface area contributed by atoms with Crippen LogP contribution in [0.3, 0.4) is 0 Å². The van der Waals surface area contributed by atoms with Gasteiger partial charge in [0.15, 0.2) is 0 Å². The second kappa shape index (κ2) is 10.6. The molecule has 1 aliphatic rings. The van der Waals surface area contributed by atoms with Gasteiger partial charge in [0, 0.05) is 11.4 Å². The van der Waals surface area contributed by atoms with Crippen LogP contribution in [-0.2, 0) is 25.7 Å². The Morgan fingerprint density at radius 1 is 0.444 bits per heavy atom. The van der Waals surface area contributed by atoms with E-state index in [-0.39, 0.29) is 12.1 Å². The summed E-state index contributed by atoms with van der Waals surface area (Å²) in [7, 11) is 0. The van der Waals surface area contributed by atoms with Crippen molar-refractivity contribution in [2.75, 3.05) is 10.6 Å². The molecule has 0 radical (unpaired) electrons. The number of para-hydroxylation sites is 2. The minimum atomic E-state index is 0.101. The number of nitrogens with one attached hydrogen (secondary N) is 2. The normalized spacial score (nSPS) is 16.2. The predicted octanol–water partition coefficient (Wildman–Crippen LogP) is 8.92. The highest BCUT2D eigenvalue weighted by molar-refractivity contribution is 5.78. The van der Waals surface area contributed by atoms with Gasteiger partial charge < -0.3 is 10.6 Å². The van der Waals surface area contributed by atoms with Crippen LogP contribution in [0.1, 0.15) is 73.2 Å². The van der Waals surface area contributed by atoms with E-state index in [0.717, 1.165) is 25.7 Å². The van der Waals surface area contributed by atoms with Crippen molar-refractivity contribution >= 4 is 11.4 Å². The van der Waals surface area contributed by atoms with Gasteiger partial charge >= 0.3 is 0 Å². The van der Waals surface area contributed by atoms with E-state index in [9.17, 15) is 0 Å². The fourth-order valence-corrected chi connectivity index (χ4v) is 5.88. The van der Waals surface area contributed by atoms with Gasteiger partial charge in [0.25, 0.3) is 0 Å². The molecular weight excluding hydrogens is 436 g/mol. The van der Waals surface area contributed by atoms with Crippen LogP contribution in [0.2, 0.25) is 0 Å². The van der Waals surface area contributed by atoms with Crippen molar-refractivity contribution in [1.82, 2.24) is 0 Å². The van der Waals surface area contributed by atoms with Gasteiger partial charge in [-0.15, -0.1) is 0 Å². The topological polar surface area (TPSA) is 24.1 Å². The minimum absolute atomic E-state index is 0.101. The molecule has 5 rings (SSSR count). The van der Waals surface area contributed by atoms with Crippen LogP contribution >= 0.6 is 0 Å². The van der Waals surface area contributed by atoms with Gasteiger partial charge in [-0.25, -0.2) is 0 Å². The molecule has 0 heterocycles. The summed E-state index contributed by atoms with van der Waals surface area (Å²) in [5.74, 6) is 0. The molecule has 2 atom stereocenters. The molecule has 0 fully saturated rings. The Bertz CT molecular complexity index is 1200. The first-order chi connectivity index (χ1) is 17.7. The van der Waals surface area contributed by atoms with Crippen LogP contribution in [-0.4, -0.2) is 0 Å². The number of benzene rings is 4. The summed E-state index contributed by atoms with van der Waals surface area (Å²) in [5.41, 5.74) is 13.5. The highest BCUT2D eigenvalue weighted by Gasteiger charge is 2.34. The zero-order valence-corrected chi connectivity index (χ0v) is 22.1. The van der Waals surface area contributed by atoms with Gasteiger partial charge in [0.2, 0.25) is 0 Å². The molecule has 0 bridgehead atoms. The number of anilines is 2. The number of fused-ring (bicyclic) bond motifs is 3. The van der Waals surface area contributed by atoms with E-state index in [0.29, 0.717) is 0 Å². The second-order valence-electron chi connectivity index (χ2n) is 9.74. The summed E-state index contributed by atoms with van der Waals surface area (Å²) in [5, 5.41) is 8.20. The second-order valence-corrected chi connectivity index (χ2v) is 9.74. The Labute approximate surface area is 216 Å². The molecule has 0 aromatic heterocycles. The average molecular weight is 475 g/mol. The molecule has 0 amide bonds. The van der Waals surface area contributed by atoms with Crippen LogP contribution in [0.15, 0.2) is 84.9 Å². The molecule has 4 aromatic carbocycles. The largest absolute Gasteiger partial charge is 0.375 e. The van der Waals surface area contributed by atoms with Crippen molar-refractivity contribution in [3.8, 4) is 11.1 Å². The third kappa shape index (κ3) is 4.30. The standard InChI is InChI=1S/C34H38N2/c1-5-23-15-13-16-24(6-2)31(23)35-33-29-21-11-9-19-27(29)28-20-10-12-22-30(28)34(33)36-32-25(7-3)17-14-18-26(32)8-4/h9-22,33-36H,5-8H2,1-4H3/t33-,34+. The van der Waals surface area contributed by atoms with Crippen LogP contribution in [0.25, 0.3) is 11.1 Å². The number of hydrogen-bond acceptors (Lipinski definition) is 2. The maximum absolute atomic E-state index is 4.10. The van der Waals surface area contributed by atoms with Gasteiger partial charge in [-0.3, -0.25) is 0 Å².